The van der Waals surface area contributed by atoms with Gasteiger partial charge in [0, 0.05) is 0 Å². The summed E-state index contributed by atoms with van der Waals surface area (Å²) in [5.74, 6) is 0. The van der Waals surface area contributed by atoms with Crippen LogP contribution in [0.1, 0.15) is 6.42 Å². The Bertz CT molecular complexity index is 64.1. The van der Waals surface area contributed by atoms with Gasteiger partial charge in [-0.25, -0.2) is 0 Å². The molecule has 0 saturated heterocycles. The fourth-order valence-electron chi connectivity index (χ4n) is 0.223. The Morgan fingerprint density at radius 1 is 1.67 bits per heavy atom. The molecular weight excluding hydrogens is 230 g/mol. The van der Waals surface area contributed by atoms with Gasteiger partial charge in [-0.3, -0.25) is 0 Å². The largest absolute Gasteiger partial charge is 0.328 e. The first-order valence-electron chi connectivity index (χ1n) is 2.22. The van der Waals surface area contributed by atoms with E-state index in [1.54, 1.807) is 0 Å². The van der Waals surface area contributed by atoms with Gasteiger partial charge in [-0.15, -0.1) is 11.6 Å². The van der Waals surface area contributed by atoms with Crippen LogP contribution in [0.3, 0.4) is 0 Å². The SMILES string of the molecule is OP(O)OCCC(Cl)Br. The zero-order valence-electron chi connectivity index (χ0n) is 4.50. The third-order valence-corrected chi connectivity index (χ3v) is 1.63. The predicted molar refractivity (Wildman–Crippen MR) is 40.5 cm³/mol. The number of rotatable bonds is 4. The normalized spacial score (nSPS) is 14.3. The molecule has 0 aromatic carbocycles. The van der Waals surface area contributed by atoms with Crippen LogP contribution in [0.4, 0.5) is 0 Å². The average Bonchev–Trinajstić information content (AvgIpc) is 1.63. The van der Waals surface area contributed by atoms with Crippen LogP contribution in [-0.2, 0) is 4.52 Å². The lowest BCUT2D eigenvalue weighted by molar-refractivity contribution is 0.255. The maximum absolute atomic E-state index is 8.21. The highest BCUT2D eigenvalue weighted by Gasteiger charge is 2.01. The molecule has 0 aliphatic rings. The Kier molecular flexibility index (Phi) is 6.53. The second kappa shape index (κ2) is 5.83. The van der Waals surface area contributed by atoms with Crippen molar-refractivity contribution >= 4 is 36.1 Å². The Labute approximate surface area is 68.1 Å². The third kappa shape index (κ3) is 9.08. The fraction of sp³-hybridized carbons (Fsp3) is 1.00. The standard InChI is InChI=1S/C3H7BrClO3P/c4-3(5)1-2-8-9(6)7/h3,6-7H,1-2H2. The summed E-state index contributed by atoms with van der Waals surface area (Å²) in [7, 11) is -2.21. The zero-order valence-corrected chi connectivity index (χ0v) is 7.73. The second-order valence-corrected chi connectivity index (χ2v) is 4.19. The molecule has 6 heteroatoms. The Morgan fingerprint density at radius 3 is 2.56 bits per heavy atom. The highest BCUT2D eigenvalue weighted by molar-refractivity contribution is 9.10. The lowest BCUT2D eigenvalue weighted by Crippen LogP contribution is -1.94. The summed E-state index contributed by atoms with van der Waals surface area (Å²) in [6, 6.07) is 0. The summed E-state index contributed by atoms with van der Waals surface area (Å²) in [5.41, 5.74) is 0. The topological polar surface area (TPSA) is 49.7 Å². The van der Waals surface area contributed by atoms with Crippen LogP contribution in [-0.4, -0.2) is 20.7 Å². The molecule has 0 bridgehead atoms. The Hall–Kier alpha value is 1.08. The predicted octanol–water partition coefficient (Wildman–Crippen LogP) is 1.56. The summed E-state index contributed by atoms with van der Waals surface area (Å²) in [4.78, 5) is 16.4. The molecule has 0 aromatic rings. The molecule has 0 radical (unpaired) electrons. The molecule has 1 unspecified atom stereocenters. The molecule has 0 heterocycles. The summed E-state index contributed by atoms with van der Waals surface area (Å²) in [5, 5.41) is 0. The van der Waals surface area contributed by atoms with Crippen LogP contribution in [0.15, 0.2) is 0 Å². The van der Waals surface area contributed by atoms with Crippen LogP contribution in [0.5, 0.6) is 0 Å². The Balaban J connectivity index is 2.91. The van der Waals surface area contributed by atoms with Gasteiger partial charge < -0.3 is 14.3 Å². The quantitative estimate of drug-likeness (QED) is 0.576. The maximum atomic E-state index is 8.21. The van der Waals surface area contributed by atoms with Crippen LogP contribution >= 0.6 is 36.1 Å². The van der Waals surface area contributed by atoms with Crippen molar-refractivity contribution in [3.63, 3.8) is 0 Å². The highest BCUT2D eigenvalue weighted by Crippen LogP contribution is 2.25. The van der Waals surface area contributed by atoms with Crippen molar-refractivity contribution in [2.24, 2.45) is 0 Å². The molecular formula is C3H7BrClO3P. The maximum Gasteiger partial charge on any atom is 0.327 e. The average molecular weight is 237 g/mol. The van der Waals surface area contributed by atoms with Crippen molar-refractivity contribution in [2.45, 2.75) is 10.7 Å². The van der Waals surface area contributed by atoms with Gasteiger partial charge in [0.15, 0.2) is 0 Å². The minimum Gasteiger partial charge on any atom is -0.328 e. The van der Waals surface area contributed by atoms with E-state index >= 15 is 0 Å². The molecule has 0 amide bonds. The minimum absolute atomic E-state index is 0.160. The van der Waals surface area contributed by atoms with Crippen LogP contribution in [0.25, 0.3) is 0 Å². The van der Waals surface area contributed by atoms with Crippen molar-refractivity contribution in [2.75, 3.05) is 6.61 Å². The lowest BCUT2D eigenvalue weighted by Gasteiger charge is -2.02. The van der Waals surface area contributed by atoms with E-state index in [-0.39, 0.29) is 10.9 Å². The van der Waals surface area contributed by atoms with E-state index in [4.69, 9.17) is 21.4 Å². The van der Waals surface area contributed by atoms with Gasteiger partial charge in [-0.2, -0.15) is 0 Å². The van der Waals surface area contributed by atoms with Crippen molar-refractivity contribution < 1.29 is 14.3 Å². The van der Waals surface area contributed by atoms with E-state index in [1.165, 1.54) is 0 Å². The zero-order chi connectivity index (χ0) is 7.28. The smallest absolute Gasteiger partial charge is 0.327 e. The number of hydrogen-bond donors (Lipinski definition) is 2. The van der Waals surface area contributed by atoms with Crippen molar-refractivity contribution in [3.8, 4) is 0 Å². The first kappa shape index (κ1) is 10.1. The number of hydrogen-bond acceptors (Lipinski definition) is 3. The van der Waals surface area contributed by atoms with E-state index < -0.39 is 8.60 Å². The molecule has 9 heavy (non-hydrogen) atoms. The van der Waals surface area contributed by atoms with Gasteiger partial charge in [-0.05, 0) is 6.42 Å². The van der Waals surface area contributed by atoms with E-state index in [2.05, 4.69) is 20.5 Å². The van der Waals surface area contributed by atoms with Crippen molar-refractivity contribution in [3.05, 3.63) is 0 Å². The molecule has 0 spiro atoms. The van der Waals surface area contributed by atoms with Gasteiger partial charge in [0.2, 0.25) is 0 Å². The lowest BCUT2D eigenvalue weighted by atomic mass is 10.5. The van der Waals surface area contributed by atoms with Gasteiger partial charge in [0.1, 0.15) is 0 Å². The number of halogens is 2. The molecule has 0 aromatic heterocycles. The first-order valence-corrected chi connectivity index (χ1v) is 4.73. The molecule has 0 rings (SSSR count). The third-order valence-electron chi connectivity index (χ3n) is 0.543. The fourth-order valence-corrected chi connectivity index (χ4v) is 0.768. The summed E-state index contributed by atoms with van der Waals surface area (Å²) < 4.78 is 4.25. The van der Waals surface area contributed by atoms with Crippen LogP contribution in [0.2, 0.25) is 0 Å². The first-order chi connectivity index (χ1) is 4.13. The van der Waals surface area contributed by atoms with Gasteiger partial charge in [0.05, 0.1) is 10.9 Å². The van der Waals surface area contributed by atoms with E-state index in [0.717, 1.165) is 0 Å². The van der Waals surface area contributed by atoms with Gasteiger partial charge >= 0.3 is 8.60 Å². The summed E-state index contributed by atoms with van der Waals surface area (Å²) >= 11 is 8.50. The molecule has 0 saturated carbocycles. The van der Waals surface area contributed by atoms with E-state index in [0.29, 0.717) is 6.42 Å². The molecule has 0 aliphatic heterocycles. The van der Waals surface area contributed by atoms with Crippen LogP contribution in [0, 0.1) is 0 Å². The van der Waals surface area contributed by atoms with Gasteiger partial charge in [0.25, 0.3) is 0 Å². The molecule has 2 N–H and O–H groups in total. The minimum atomic E-state index is -2.21. The van der Waals surface area contributed by atoms with E-state index in [9.17, 15) is 0 Å². The van der Waals surface area contributed by atoms with Crippen LogP contribution < -0.4 is 0 Å². The van der Waals surface area contributed by atoms with E-state index in [1.807, 2.05) is 0 Å². The highest BCUT2D eigenvalue weighted by atomic mass is 79.9. The van der Waals surface area contributed by atoms with Gasteiger partial charge in [-0.1, -0.05) is 15.9 Å². The molecule has 3 nitrogen and oxygen atoms in total. The monoisotopic (exact) mass is 236 g/mol. The molecule has 56 valence electrons. The summed E-state index contributed by atoms with van der Waals surface area (Å²) in [6.45, 7) is 0.262. The summed E-state index contributed by atoms with van der Waals surface area (Å²) in [6.07, 6.45) is 0.557. The Morgan fingerprint density at radius 2 is 2.22 bits per heavy atom. The number of alkyl halides is 2. The van der Waals surface area contributed by atoms with Crippen molar-refractivity contribution in [1.82, 2.24) is 0 Å². The second-order valence-electron chi connectivity index (χ2n) is 1.27. The molecule has 1 atom stereocenters. The molecule has 0 fully saturated rings. The molecule has 0 aliphatic carbocycles. The van der Waals surface area contributed by atoms with Crippen molar-refractivity contribution in [1.29, 1.82) is 0 Å².